The lowest BCUT2D eigenvalue weighted by molar-refractivity contribution is -0.144. The molecule has 0 aromatic heterocycles. The van der Waals surface area contributed by atoms with Crippen molar-refractivity contribution in [3.63, 3.8) is 0 Å². The first-order valence-electron chi connectivity index (χ1n) is 11.3. The van der Waals surface area contributed by atoms with Gasteiger partial charge in [-0.05, 0) is 54.8 Å². The average molecular weight is 548 g/mol. The van der Waals surface area contributed by atoms with Crippen molar-refractivity contribution in [2.45, 2.75) is 32.3 Å². The van der Waals surface area contributed by atoms with Gasteiger partial charge in [-0.25, -0.2) is 8.42 Å². The van der Waals surface area contributed by atoms with Crippen LogP contribution < -0.4 is 9.46 Å². The zero-order valence-electron chi connectivity index (χ0n) is 19.9. The predicted molar refractivity (Wildman–Crippen MR) is 139 cm³/mol. The first-order valence-corrected chi connectivity index (χ1v) is 13.9. The van der Waals surface area contributed by atoms with Crippen LogP contribution in [-0.4, -0.2) is 69.6 Å². The molecular weight excluding hydrogens is 515 g/mol. The number of hydrogen-bond acceptors (Lipinski definition) is 7. The Morgan fingerprint density at radius 2 is 1.83 bits per heavy atom. The number of carbonyl (C=O) groups excluding carboxylic acids is 1. The summed E-state index contributed by atoms with van der Waals surface area (Å²) in [5.74, 6) is 0.258. The lowest BCUT2D eigenvalue weighted by Crippen LogP contribution is -2.39. The topological polar surface area (TPSA) is 105 Å². The van der Waals surface area contributed by atoms with E-state index in [4.69, 9.17) is 32.7 Å². The Hall–Kier alpha value is -2.04. The second kappa shape index (κ2) is 14.5. The Morgan fingerprint density at radius 1 is 1.11 bits per heavy atom. The third-order valence-electron chi connectivity index (χ3n) is 4.89. The van der Waals surface area contributed by atoms with Crippen molar-refractivity contribution in [1.29, 1.82) is 0 Å². The lowest BCUT2D eigenvalue weighted by Gasteiger charge is -2.25. The number of aliphatic hydroxyl groups excluding tert-OH is 1. The number of halogens is 2. The van der Waals surface area contributed by atoms with Crippen LogP contribution in [-0.2, 0) is 26.0 Å². The van der Waals surface area contributed by atoms with E-state index < -0.39 is 16.1 Å². The number of carbonyl (C=O) groups is 1. The number of sulfonamides is 1. The first-order chi connectivity index (χ1) is 16.6. The van der Waals surface area contributed by atoms with Crippen LogP contribution in [0.1, 0.15) is 25.3 Å². The number of anilines is 1. The summed E-state index contributed by atoms with van der Waals surface area (Å²) in [6, 6.07) is 11.9. The van der Waals surface area contributed by atoms with Crippen molar-refractivity contribution in [1.82, 2.24) is 4.90 Å². The maximum absolute atomic E-state index is 11.7. The van der Waals surface area contributed by atoms with Crippen molar-refractivity contribution in [3.05, 3.63) is 58.1 Å². The minimum Gasteiger partial charge on any atom is -0.491 e. The van der Waals surface area contributed by atoms with Gasteiger partial charge in [0.2, 0.25) is 10.0 Å². The lowest BCUT2D eigenvalue weighted by atomic mass is 10.1. The van der Waals surface area contributed by atoms with Crippen LogP contribution >= 0.6 is 23.2 Å². The molecule has 2 rings (SSSR count). The SMILES string of the molecule is CCCC(=O)OCCN(CCc1ccc(Cl)c(Cl)c1)C[C@H](O)COc1ccc(NS(C)(=O)=O)cc1. The van der Waals surface area contributed by atoms with Crippen molar-refractivity contribution < 1.29 is 27.8 Å². The van der Waals surface area contributed by atoms with Crippen LogP contribution in [0.15, 0.2) is 42.5 Å². The fourth-order valence-corrected chi connectivity index (χ4v) is 4.10. The van der Waals surface area contributed by atoms with Crippen molar-refractivity contribution >= 4 is 44.9 Å². The molecule has 2 aromatic rings. The molecular formula is C24H32Cl2N2O6S. The zero-order chi connectivity index (χ0) is 25.8. The van der Waals surface area contributed by atoms with Crippen molar-refractivity contribution in [2.24, 2.45) is 0 Å². The summed E-state index contributed by atoms with van der Waals surface area (Å²) < 4.78 is 35.9. The van der Waals surface area contributed by atoms with E-state index in [-0.39, 0.29) is 19.2 Å². The Kier molecular flexibility index (Phi) is 12.1. The molecule has 11 heteroatoms. The molecule has 0 aliphatic rings. The Balaban J connectivity index is 1.90. The summed E-state index contributed by atoms with van der Waals surface area (Å²) in [5.41, 5.74) is 1.42. The number of esters is 1. The standard InChI is InChI=1S/C24H32Cl2N2O6S/c1-3-4-24(30)33-14-13-28(12-11-18-5-10-22(25)23(26)15-18)16-20(29)17-34-21-8-6-19(7-9-21)27-35(2,31)32/h5-10,15,20,27,29H,3-4,11-14,16-17H2,1-2H3/t20-/m0/s1. The van der Waals surface area contributed by atoms with E-state index in [9.17, 15) is 18.3 Å². The second-order valence-electron chi connectivity index (χ2n) is 8.13. The van der Waals surface area contributed by atoms with Gasteiger partial charge in [-0.1, -0.05) is 36.2 Å². The van der Waals surface area contributed by atoms with E-state index >= 15 is 0 Å². The first kappa shape index (κ1) is 29.2. The Morgan fingerprint density at radius 3 is 2.46 bits per heavy atom. The second-order valence-corrected chi connectivity index (χ2v) is 10.7. The number of rotatable bonds is 15. The molecule has 0 aliphatic heterocycles. The average Bonchev–Trinajstić information content (AvgIpc) is 2.78. The summed E-state index contributed by atoms with van der Waals surface area (Å²) in [5, 5.41) is 11.5. The summed E-state index contributed by atoms with van der Waals surface area (Å²) in [6.07, 6.45) is 2.04. The third kappa shape index (κ3) is 12.0. The van der Waals surface area contributed by atoms with Gasteiger partial charge in [-0.15, -0.1) is 0 Å². The number of ether oxygens (including phenoxy) is 2. The number of nitrogens with one attached hydrogen (secondary N) is 1. The number of aliphatic hydroxyl groups is 1. The molecule has 0 bridgehead atoms. The van der Waals surface area contributed by atoms with Crippen LogP contribution in [0.25, 0.3) is 0 Å². The molecule has 0 aliphatic carbocycles. The van der Waals surface area contributed by atoms with Gasteiger partial charge in [-0.2, -0.15) is 0 Å². The number of hydrogen-bond donors (Lipinski definition) is 2. The summed E-state index contributed by atoms with van der Waals surface area (Å²) in [7, 11) is -3.36. The molecule has 2 N–H and O–H groups in total. The molecule has 2 aromatic carbocycles. The zero-order valence-corrected chi connectivity index (χ0v) is 22.2. The van der Waals surface area contributed by atoms with Gasteiger partial charge in [0.1, 0.15) is 25.1 Å². The Bertz CT molecular complexity index is 1050. The molecule has 194 valence electrons. The summed E-state index contributed by atoms with van der Waals surface area (Å²) in [4.78, 5) is 13.7. The van der Waals surface area contributed by atoms with Gasteiger partial charge in [0.15, 0.2) is 0 Å². The highest BCUT2D eigenvalue weighted by Gasteiger charge is 2.14. The molecule has 8 nitrogen and oxygen atoms in total. The maximum Gasteiger partial charge on any atom is 0.305 e. The van der Waals surface area contributed by atoms with Gasteiger partial charge in [0.25, 0.3) is 0 Å². The van der Waals surface area contributed by atoms with Gasteiger partial charge >= 0.3 is 5.97 Å². The van der Waals surface area contributed by atoms with Crippen molar-refractivity contribution in [2.75, 3.05) is 43.8 Å². The monoisotopic (exact) mass is 546 g/mol. The maximum atomic E-state index is 11.7. The van der Waals surface area contributed by atoms with Crippen LogP contribution in [0.4, 0.5) is 5.69 Å². The minimum absolute atomic E-state index is 0.0394. The molecule has 0 saturated carbocycles. The Labute approximate surface area is 217 Å². The summed E-state index contributed by atoms with van der Waals surface area (Å²) in [6.45, 7) is 3.55. The highest BCUT2D eigenvalue weighted by Crippen LogP contribution is 2.23. The number of nitrogens with zero attached hydrogens (tertiary/aromatic N) is 1. The van der Waals surface area contributed by atoms with E-state index in [0.29, 0.717) is 54.0 Å². The molecule has 0 fully saturated rings. The summed E-state index contributed by atoms with van der Waals surface area (Å²) >= 11 is 12.1. The minimum atomic E-state index is -3.36. The predicted octanol–water partition coefficient (Wildman–Crippen LogP) is 3.99. The molecule has 0 radical (unpaired) electrons. The molecule has 0 amide bonds. The van der Waals surface area contributed by atoms with E-state index in [1.54, 1.807) is 30.3 Å². The van der Waals surface area contributed by atoms with E-state index in [1.807, 2.05) is 24.0 Å². The van der Waals surface area contributed by atoms with Gasteiger partial charge < -0.3 is 14.6 Å². The molecule has 0 unspecified atom stereocenters. The highest BCUT2D eigenvalue weighted by molar-refractivity contribution is 7.92. The van der Waals surface area contributed by atoms with Gasteiger partial charge in [0, 0.05) is 31.7 Å². The largest absolute Gasteiger partial charge is 0.491 e. The van der Waals surface area contributed by atoms with E-state index in [1.165, 1.54) is 0 Å². The van der Waals surface area contributed by atoms with Crippen LogP contribution in [0.2, 0.25) is 10.0 Å². The van der Waals surface area contributed by atoms with Crippen molar-refractivity contribution in [3.8, 4) is 5.75 Å². The molecule has 1 atom stereocenters. The van der Waals surface area contributed by atoms with Gasteiger partial charge in [-0.3, -0.25) is 14.4 Å². The quantitative estimate of drug-likeness (QED) is 0.325. The molecule has 0 spiro atoms. The smallest absolute Gasteiger partial charge is 0.305 e. The fourth-order valence-electron chi connectivity index (χ4n) is 3.22. The fraction of sp³-hybridized carbons (Fsp3) is 0.458. The van der Waals surface area contributed by atoms with E-state index in [2.05, 4.69) is 4.72 Å². The normalized spacial score (nSPS) is 12.4. The van der Waals surface area contributed by atoms with Gasteiger partial charge in [0.05, 0.1) is 16.3 Å². The molecule has 35 heavy (non-hydrogen) atoms. The van der Waals surface area contributed by atoms with Crippen LogP contribution in [0, 0.1) is 0 Å². The third-order valence-corrected chi connectivity index (χ3v) is 6.24. The molecule has 0 heterocycles. The van der Waals surface area contributed by atoms with E-state index in [0.717, 1.165) is 18.2 Å². The van der Waals surface area contributed by atoms with Crippen LogP contribution in [0.3, 0.4) is 0 Å². The highest BCUT2D eigenvalue weighted by atomic mass is 35.5. The number of benzene rings is 2. The molecule has 0 saturated heterocycles. The van der Waals surface area contributed by atoms with Crippen LogP contribution in [0.5, 0.6) is 5.75 Å².